The quantitative estimate of drug-likeness (QED) is 0.792. The van der Waals surface area contributed by atoms with E-state index in [1.165, 1.54) is 16.5 Å². The summed E-state index contributed by atoms with van der Waals surface area (Å²) in [7, 11) is 1.71. The molecule has 0 bridgehead atoms. The first kappa shape index (κ1) is 13.9. The Balaban J connectivity index is 0.00000128. The van der Waals surface area contributed by atoms with E-state index in [4.69, 9.17) is 4.74 Å². The van der Waals surface area contributed by atoms with Gasteiger partial charge >= 0.3 is 0 Å². The number of fused-ring (bicyclic) bond motifs is 1. The molecular weight excluding hydrogens is 275 g/mol. The van der Waals surface area contributed by atoms with Gasteiger partial charge in [0.25, 0.3) is 0 Å². The Morgan fingerprint density at radius 2 is 2.19 bits per heavy atom. The summed E-state index contributed by atoms with van der Waals surface area (Å²) < 4.78 is 7.38. The van der Waals surface area contributed by atoms with Crippen LogP contribution in [0.3, 0.4) is 0 Å². The van der Waals surface area contributed by atoms with E-state index in [-0.39, 0.29) is 32.7 Å². The van der Waals surface area contributed by atoms with Crippen LogP contribution in [-0.4, -0.2) is 11.7 Å². The van der Waals surface area contributed by atoms with Crippen LogP contribution in [-0.2, 0) is 44.1 Å². The summed E-state index contributed by atoms with van der Waals surface area (Å²) in [6.45, 7) is 5.01. The largest absolute Gasteiger partial charge is 0.393 e. The first-order chi connectivity index (χ1) is 7.22. The number of hydrogen-bond acceptors (Lipinski definition) is 1. The molecule has 0 fully saturated rings. The molecule has 0 saturated heterocycles. The fraction of sp³-hybridized carbons (Fsp3) is 0.385. The van der Waals surface area contributed by atoms with Crippen molar-refractivity contribution in [2.75, 3.05) is 7.11 Å². The molecule has 1 radical (unpaired) electrons. The number of aromatic nitrogens is 1. The molecule has 0 N–H and O–H groups in total. The Kier molecular flexibility index (Phi) is 5.16. The van der Waals surface area contributed by atoms with E-state index < -0.39 is 0 Å². The van der Waals surface area contributed by atoms with Gasteiger partial charge in [-0.1, -0.05) is 0 Å². The molecule has 2 nitrogen and oxygen atoms in total. The molecule has 1 aromatic carbocycles. The third-order valence-corrected chi connectivity index (χ3v) is 2.56. The molecule has 0 aliphatic carbocycles. The first-order valence-corrected chi connectivity index (χ1v) is 5.22. The summed E-state index contributed by atoms with van der Waals surface area (Å²) in [5.41, 5.74) is 2.41. The molecule has 0 spiro atoms. The zero-order chi connectivity index (χ0) is 10.8. The Hall–Kier alpha value is -0.176. The van der Waals surface area contributed by atoms with E-state index in [0.717, 1.165) is 0 Å². The van der Waals surface area contributed by atoms with E-state index in [1.54, 1.807) is 7.11 Å². The maximum Gasteiger partial charge on any atom is 0.0381 e. The molecule has 1 heterocycles. The second-order valence-electron chi connectivity index (χ2n) is 4.06. The maximum atomic E-state index is 5.12. The molecule has 0 atom stereocenters. The van der Waals surface area contributed by atoms with E-state index >= 15 is 0 Å². The van der Waals surface area contributed by atoms with E-state index in [2.05, 4.69) is 42.8 Å². The molecule has 0 amide bonds. The Bertz CT molecular complexity index is 462. The van der Waals surface area contributed by atoms with Crippen LogP contribution in [0.2, 0.25) is 0 Å². The van der Waals surface area contributed by atoms with Crippen LogP contribution in [0.4, 0.5) is 0 Å². The van der Waals surface area contributed by atoms with Crippen LogP contribution in [0.15, 0.2) is 24.4 Å². The molecular formula is C13H16NOY-. The van der Waals surface area contributed by atoms with Crippen LogP contribution >= 0.6 is 0 Å². The van der Waals surface area contributed by atoms with Gasteiger partial charge in [-0.2, -0.15) is 0 Å². The van der Waals surface area contributed by atoms with Crippen molar-refractivity contribution in [2.45, 2.75) is 26.5 Å². The molecule has 2 aromatic rings. The van der Waals surface area contributed by atoms with E-state index in [1.807, 2.05) is 6.07 Å². The van der Waals surface area contributed by atoms with Gasteiger partial charge in [0.15, 0.2) is 0 Å². The van der Waals surface area contributed by atoms with Gasteiger partial charge in [0.1, 0.15) is 0 Å². The van der Waals surface area contributed by atoms with Crippen molar-refractivity contribution in [1.29, 1.82) is 0 Å². The minimum atomic E-state index is 0. The summed E-state index contributed by atoms with van der Waals surface area (Å²) in [5.74, 6) is 0. The number of methoxy groups -OCH3 is 1. The standard InChI is InChI=1S/C13H16NO.Y/c1-10(2)14-7-6-12-5-4-11(9-15-3)8-13(12)14;/h4,6-8,10H,9H2,1-3H3;/q-1;. The Morgan fingerprint density at radius 3 is 2.81 bits per heavy atom. The van der Waals surface area contributed by atoms with Crippen LogP contribution in [0.5, 0.6) is 0 Å². The first-order valence-electron chi connectivity index (χ1n) is 5.22. The number of hydrogen-bond donors (Lipinski definition) is 0. The summed E-state index contributed by atoms with van der Waals surface area (Å²) in [4.78, 5) is 0. The van der Waals surface area contributed by atoms with Gasteiger partial charge in [0.2, 0.25) is 0 Å². The summed E-state index contributed by atoms with van der Waals surface area (Å²) >= 11 is 0. The molecule has 1 aromatic heterocycles. The van der Waals surface area contributed by atoms with Crippen molar-refractivity contribution in [2.24, 2.45) is 0 Å². The summed E-state index contributed by atoms with van der Waals surface area (Å²) in [6.07, 6.45) is 2.11. The fourth-order valence-corrected chi connectivity index (χ4v) is 1.82. The van der Waals surface area contributed by atoms with Crippen LogP contribution < -0.4 is 0 Å². The molecule has 0 saturated carbocycles. The Labute approximate surface area is 122 Å². The number of rotatable bonds is 3. The van der Waals surface area contributed by atoms with Crippen molar-refractivity contribution in [3.63, 3.8) is 0 Å². The zero-order valence-electron chi connectivity index (χ0n) is 10.0. The molecule has 0 aliphatic heterocycles. The molecule has 16 heavy (non-hydrogen) atoms. The monoisotopic (exact) mass is 291 g/mol. The van der Waals surface area contributed by atoms with Crippen molar-refractivity contribution in [3.8, 4) is 0 Å². The normalized spacial score (nSPS) is 10.8. The third kappa shape index (κ3) is 2.74. The van der Waals surface area contributed by atoms with Gasteiger partial charge in [-0.05, 0) is 25.6 Å². The van der Waals surface area contributed by atoms with Crippen LogP contribution in [0.1, 0.15) is 25.5 Å². The van der Waals surface area contributed by atoms with Gasteiger partial charge in [0, 0.05) is 52.5 Å². The zero-order valence-corrected chi connectivity index (χ0v) is 12.9. The molecule has 0 aliphatic rings. The van der Waals surface area contributed by atoms with Crippen molar-refractivity contribution in [1.82, 2.24) is 4.57 Å². The fourth-order valence-electron chi connectivity index (χ4n) is 1.82. The predicted molar refractivity (Wildman–Crippen MR) is 61.9 cm³/mol. The predicted octanol–water partition coefficient (Wildman–Crippen LogP) is 3.17. The average Bonchev–Trinajstić information content (AvgIpc) is 2.61. The average molecular weight is 291 g/mol. The topological polar surface area (TPSA) is 14.2 Å². The maximum absolute atomic E-state index is 5.12. The number of nitrogens with zero attached hydrogens (tertiary/aromatic N) is 1. The van der Waals surface area contributed by atoms with Crippen molar-refractivity contribution < 1.29 is 37.4 Å². The smallest absolute Gasteiger partial charge is 0.0381 e. The minimum Gasteiger partial charge on any atom is -0.393 e. The Morgan fingerprint density at radius 1 is 1.44 bits per heavy atom. The third-order valence-electron chi connectivity index (χ3n) is 2.56. The second-order valence-corrected chi connectivity index (χ2v) is 4.06. The van der Waals surface area contributed by atoms with Gasteiger partial charge in [0.05, 0.1) is 0 Å². The van der Waals surface area contributed by atoms with Crippen LogP contribution in [0, 0.1) is 6.07 Å². The van der Waals surface area contributed by atoms with Crippen LogP contribution in [0.25, 0.3) is 10.9 Å². The van der Waals surface area contributed by atoms with Gasteiger partial charge < -0.3 is 9.30 Å². The van der Waals surface area contributed by atoms with Gasteiger partial charge in [-0.25, -0.2) is 0 Å². The second kappa shape index (κ2) is 5.95. The molecule has 0 unspecified atom stereocenters. The number of ether oxygens (including phenoxy) is 1. The summed E-state index contributed by atoms with van der Waals surface area (Å²) in [6, 6.07) is 10.0. The van der Waals surface area contributed by atoms with Gasteiger partial charge in [-0.3, -0.25) is 0 Å². The van der Waals surface area contributed by atoms with E-state index in [0.29, 0.717) is 12.6 Å². The molecule has 83 valence electrons. The van der Waals surface area contributed by atoms with Gasteiger partial charge in [-0.15, -0.1) is 35.2 Å². The van der Waals surface area contributed by atoms with Crippen molar-refractivity contribution in [3.05, 3.63) is 36.0 Å². The van der Waals surface area contributed by atoms with Crippen molar-refractivity contribution >= 4 is 10.9 Å². The minimum absolute atomic E-state index is 0. The van der Waals surface area contributed by atoms with E-state index in [9.17, 15) is 0 Å². The number of benzene rings is 1. The SMILES string of the molecule is COCc1c[c-]c2ccn(C(C)C)c2c1.[Y]. The molecule has 2 rings (SSSR count). The molecule has 3 heteroatoms. The summed E-state index contributed by atoms with van der Waals surface area (Å²) in [5, 5.41) is 1.17.